The third-order valence-electron chi connectivity index (χ3n) is 2.81. The van der Waals surface area contributed by atoms with Gasteiger partial charge >= 0.3 is 0 Å². The fourth-order valence-corrected chi connectivity index (χ4v) is 1.96. The molecule has 0 aliphatic carbocycles. The zero-order valence-electron chi connectivity index (χ0n) is 9.20. The van der Waals surface area contributed by atoms with Gasteiger partial charge in [0.15, 0.2) is 0 Å². The van der Waals surface area contributed by atoms with Gasteiger partial charge in [-0.25, -0.2) is 0 Å². The molecule has 4 nitrogen and oxygen atoms in total. The van der Waals surface area contributed by atoms with E-state index < -0.39 is 0 Å². The van der Waals surface area contributed by atoms with Crippen LogP contribution in [0.2, 0.25) is 0 Å². The molecular formula is C10H21N3O. The van der Waals surface area contributed by atoms with Crippen molar-refractivity contribution < 1.29 is 4.79 Å². The monoisotopic (exact) mass is 199 g/mol. The number of nitrogens with zero attached hydrogens (tertiary/aromatic N) is 2. The van der Waals surface area contributed by atoms with Gasteiger partial charge < -0.3 is 10.6 Å². The maximum absolute atomic E-state index is 11.6. The molecule has 1 heterocycles. The Morgan fingerprint density at radius 3 is 2.86 bits per heavy atom. The Kier molecular flexibility index (Phi) is 4.35. The first-order valence-electron chi connectivity index (χ1n) is 5.37. The second-order valence-corrected chi connectivity index (χ2v) is 3.97. The van der Waals surface area contributed by atoms with Gasteiger partial charge in [-0.1, -0.05) is 6.92 Å². The normalized spacial score (nSPS) is 24.4. The number of amides is 1. The molecule has 82 valence electrons. The van der Waals surface area contributed by atoms with Crippen LogP contribution in [0.3, 0.4) is 0 Å². The van der Waals surface area contributed by atoms with E-state index >= 15 is 0 Å². The lowest BCUT2D eigenvalue weighted by Crippen LogP contribution is -2.55. The van der Waals surface area contributed by atoms with Crippen LogP contribution in [-0.2, 0) is 4.79 Å². The second kappa shape index (κ2) is 5.32. The van der Waals surface area contributed by atoms with Crippen LogP contribution >= 0.6 is 0 Å². The van der Waals surface area contributed by atoms with E-state index in [9.17, 15) is 4.79 Å². The maximum Gasteiger partial charge on any atom is 0.236 e. The number of carbonyl (C=O) groups is 1. The highest BCUT2D eigenvalue weighted by molar-refractivity contribution is 5.79. The summed E-state index contributed by atoms with van der Waals surface area (Å²) in [7, 11) is 1.88. The maximum atomic E-state index is 11.6. The number of piperazine rings is 1. The third-order valence-corrected chi connectivity index (χ3v) is 2.81. The lowest BCUT2D eigenvalue weighted by atomic mass is 10.1. The largest absolute Gasteiger partial charge is 0.340 e. The quantitative estimate of drug-likeness (QED) is 0.687. The van der Waals surface area contributed by atoms with Crippen LogP contribution in [0.15, 0.2) is 0 Å². The van der Waals surface area contributed by atoms with Crippen LogP contribution in [0.5, 0.6) is 0 Å². The molecule has 0 saturated carbocycles. The van der Waals surface area contributed by atoms with E-state index in [0.717, 1.165) is 25.9 Å². The molecule has 0 radical (unpaired) electrons. The highest BCUT2D eigenvalue weighted by Gasteiger charge is 2.28. The van der Waals surface area contributed by atoms with Crippen LogP contribution in [0, 0.1) is 0 Å². The Morgan fingerprint density at radius 2 is 2.29 bits per heavy atom. The minimum Gasteiger partial charge on any atom is -0.340 e. The van der Waals surface area contributed by atoms with Gasteiger partial charge in [0, 0.05) is 19.6 Å². The summed E-state index contributed by atoms with van der Waals surface area (Å²) in [5.74, 6) is 0.225. The van der Waals surface area contributed by atoms with Gasteiger partial charge in [0.05, 0.1) is 6.54 Å². The van der Waals surface area contributed by atoms with Crippen molar-refractivity contribution in [1.82, 2.24) is 9.80 Å². The van der Waals surface area contributed by atoms with Crippen molar-refractivity contribution in [3.63, 3.8) is 0 Å². The Labute approximate surface area is 86.0 Å². The topological polar surface area (TPSA) is 49.6 Å². The minimum absolute atomic E-state index is 0.225. The highest BCUT2D eigenvalue weighted by Crippen LogP contribution is 2.11. The van der Waals surface area contributed by atoms with Gasteiger partial charge in [-0.05, 0) is 25.9 Å². The van der Waals surface area contributed by atoms with E-state index in [-0.39, 0.29) is 5.91 Å². The molecule has 0 aromatic carbocycles. The number of likely N-dealkylation sites (N-methyl/N-ethyl adjacent to an activating group) is 1. The molecule has 0 bridgehead atoms. The third kappa shape index (κ3) is 2.69. The Morgan fingerprint density at radius 1 is 1.57 bits per heavy atom. The van der Waals surface area contributed by atoms with E-state index in [1.165, 1.54) is 0 Å². The standard InChI is InChI=1S/C10H21N3O/c1-3-6-13-7-9(4-5-11)12(2)10(14)8-13/h9H,3-8,11H2,1-2H3. The molecule has 1 saturated heterocycles. The van der Waals surface area contributed by atoms with E-state index in [0.29, 0.717) is 19.1 Å². The molecule has 1 amide bonds. The summed E-state index contributed by atoms with van der Waals surface area (Å²) >= 11 is 0. The molecule has 0 spiro atoms. The fraction of sp³-hybridized carbons (Fsp3) is 0.900. The van der Waals surface area contributed by atoms with Gasteiger partial charge in [0.25, 0.3) is 0 Å². The lowest BCUT2D eigenvalue weighted by Gasteiger charge is -2.38. The van der Waals surface area contributed by atoms with Crippen LogP contribution in [0.25, 0.3) is 0 Å². The lowest BCUT2D eigenvalue weighted by molar-refractivity contribution is -0.138. The SMILES string of the molecule is CCCN1CC(=O)N(C)C(CCN)C1. The summed E-state index contributed by atoms with van der Waals surface area (Å²) in [5, 5.41) is 0. The van der Waals surface area contributed by atoms with E-state index in [1.807, 2.05) is 11.9 Å². The first kappa shape index (κ1) is 11.5. The zero-order valence-corrected chi connectivity index (χ0v) is 9.20. The number of rotatable bonds is 4. The van der Waals surface area contributed by atoms with Crippen LogP contribution in [0.4, 0.5) is 0 Å². The summed E-state index contributed by atoms with van der Waals surface area (Å²) in [6, 6.07) is 0.313. The molecule has 1 fully saturated rings. The summed E-state index contributed by atoms with van der Waals surface area (Å²) in [4.78, 5) is 15.7. The molecule has 14 heavy (non-hydrogen) atoms. The first-order valence-corrected chi connectivity index (χ1v) is 5.37. The van der Waals surface area contributed by atoms with Gasteiger partial charge in [0.1, 0.15) is 0 Å². The highest BCUT2D eigenvalue weighted by atomic mass is 16.2. The van der Waals surface area contributed by atoms with Crippen molar-refractivity contribution >= 4 is 5.91 Å². The summed E-state index contributed by atoms with van der Waals surface area (Å²) < 4.78 is 0. The van der Waals surface area contributed by atoms with Crippen LogP contribution < -0.4 is 5.73 Å². The molecule has 1 aliphatic heterocycles. The first-order chi connectivity index (χ1) is 6.69. The van der Waals surface area contributed by atoms with E-state index in [4.69, 9.17) is 5.73 Å². The molecule has 4 heteroatoms. The second-order valence-electron chi connectivity index (χ2n) is 3.97. The van der Waals surface area contributed by atoms with Crippen molar-refractivity contribution in [1.29, 1.82) is 0 Å². The van der Waals surface area contributed by atoms with Crippen LogP contribution in [0.1, 0.15) is 19.8 Å². The minimum atomic E-state index is 0.225. The molecule has 1 atom stereocenters. The van der Waals surface area contributed by atoms with Gasteiger partial charge in [-0.2, -0.15) is 0 Å². The molecule has 2 N–H and O–H groups in total. The Bertz CT molecular complexity index is 196. The van der Waals surface area contributed by atoms with Crippen molar-refractivity contribution in [2.45, 2.75) is 25.8 Å². The van der Waals surface area contributed by atoms with Gasteiger partial charge in [-0.3, -0.25) is 9.69 Å². The summed E-state index contributed by atoms with van der Waals surface area (Å²) in [6.45, 7) is 5.36. The van der Waals surface area contributed by atoms with Gasteiger partial charge in [0.2, 0.25) is 5.91 Å². The number of nitrogens with two attached hydrogens (primary N) is 1. The Balaban J connectivity index is 2.52. The predicted octanol–water partition coefficient (Wildman–Crippen LogP) is -0.112. The van der Waals surface area contributed by atoms with Crippen molar-refractivity contribution in [2.75, 3.05) is 33.2 Å². The molecule has 0 aromatic rings. The average molecular weight is 199 g/mol. The molecular weight excluding hydrogens is 178 g/mol. The van der Waals surface area contributed by atoms with Crippen molar-refractivity contribution in [3.8, 4) is 0 Å². The number of carbonyl (C=O) groups excluding carboxylic acids is 1. The number of hydrogen-bond acceptors (Lipinski definition) is 3. The van der Waals surface area contributed by atoms with E-state index in [1.54, 1.807) is 0 Å². The molecule has 1 aliphatic rings. The molecule has 0 aromatic heterocycles. The number of hydrogen-bond donors (Lipinski definition) is 1. The smallest absolute Gasteiger partial charge is 0.236 e. The molecule has 1 unspecified atom stereocenters. The predicted molar refractivity (Wildman–Crippen MR) is 57.0 cm³/mol. The van der Waals surface area contributed by atoms with Crippen molar-refractivity contribution in [2.24, 2.45) is 5.73 Å². The van der Waals surface area contributed by atoms with Crippen LogP contribution in [-0.4, -0.2) is 55.0 Å². The average Bonchev–Trinajstić information content (AvgIpc) is 2.14. The summed E-state index contributed by atoms with van der Waals surface area (Å²) in [6.07, 6.45) is 2.01. The van der Waals surface area contributed by atoms with E-state index in [2.05, 4.69) is 11.8 Å². The molecule has 1 rings (SSSR count). The van der Waals surface area contributed by atoms with Crippen molar-refractivity contribution in [3.05, 3.63) is 0 Å². The van der Waals surface area contributed by atoms with Gasteiger partial charge in [-0.15, -0.1) is 0 Å². The summed E-state index contributed by atoms with van der Waals surface area (Å²) in [5.41, 5.74) is 5.53. The fourth-order valence-electron chi connectivity index (χ4n) is 1.96. The Hall–Kier alpha value is -0.610. The zero-order chi connectivity index (χ0) is 10.6.